The molecule has 0 aromatic heterocycles. The number of rotatable bonds is 5. The van der Waals surface area contributed by atoms with E-state index in [1.807, 2.05) is 6.92 Å². The van der Waals surface area contributed by atoms with Crippen molar-refractivity contribution in [2.75, 3.05) is 25.1 Å². The van der Waals surface area contributed by atoms with Gasteiger partial charge in [0.05, 0.1) is 24.8 Å². The summed E-state index contributed by atoms with van der Waals surface area (Å²) >= 11 is 0. The highest BCUT2D eigenvalue weighted by Gasteiger charge is 2.17. The molecule has 114 valence electrons. The van der Waals surface area contributed by atoms with E-state index in [2.05, 4.69) is 10.6 Å². The zero-order chi connectivity index (χ0) is 15.1. The fourth-order valence-corrected chi connectivity index (χ4v) is 1.97. The summed E-state index contributed by atoms with van der Waals surface area (Å²) in [7, 11) is 0. The Hall–Kier alpha value is -2.08. The minimum atomic E-state index is -0.351. The van der Waals surface area contributed by atoms with Crippen molar-refractivity contribution >= 4 is 17.7 Å². The number of hydrogen-bond donors (Lipinski definition) is 2. The Labute approximate surface area is 123 Å². The van der Waals surface area contributed by atoms with E-state index in [4.69, 9.17) is 9.47 Å². The topological polar surface area (TPSA) is 76.7 Å². The molecule has 6 nitrogen and oxygen atoms in total. The van der Waals surface area contributed by atoms with Crippen LogP contribution in [0.4, 0.5) is 10.5 Å². The average Bonchev–Trinajstić information content (AvgIpc) is 2.98. The summed E-state index contributed by atoms with van der Waals surface area (Å²) < 4.78 is 10.2. The molecule has 2 rings (SSSR count). The van der Waals surface area contributed by atoms with E-state index in [1.54, 1.807) is 24.3 Å². The molecule has 0 aliphatic carbocycles. The molecule has 0 spiro atoms. The Morgan fingerprint density at radius 2 is 2.10 bits per heavy atom. The van der Waals surface area contributed by atoms with Gasteiger partial charge in [-0.25, -0.2) is 9.59 Å². The molecule has 1 unspecified atom stereocenters. The van der Waals surface area contributed by atoms with E-state index in [1.165, 1.54) is 0 Å². The molecule has 1 fully saturated rings. The summed E-state index contributed by atoms with van der Waals surface area (Å²) in [4.78, 5) is 23.4. The zero-order valence-corrected chi connectivity index (χ0v) is 12.1. The third-order valence-corrected chi connectivity index (χ3v) is 3.08. The monoisotopic (exact) mass is 292 g/mol. The highest BCUT2D eigenvalue weighted by atomic mass is 16.5. The van der Waals surface area contributed by atoms with Crippen molar-refractivity contribution in [3.63, 3.8) is 0 Å². The first-order valence-corrected chi connectivity index (χ1v) is 7.11. The largest absolute Gasteiger partial charge is 0.462 e. The molecular formula is C15H20N2O4. The molecule has 2 N–H and O–H groups in total. The van der Waals surface area contributed by atoms with Crippen LogP contribution in [0, 0.1) is 0 Å². The maximum absolute atomic E-state index is 11.8. The van der Waals surface area contributed by atoms with Gasteiger partial charge >= 0.3 is 12.0 Å². The SMILES string of the molecule is CCCOC(=O)c1ccc(NC(=O)NC2CCOC2)cc1. The number of hydrogen-bond acceptors (Lipinski definition) is 4. The van der Waals surface area contributed by atoms with Crippen molar-refractivity contribution in [3.05, 3.63) is 29.8 Å². The van der Waals surface area contributed by atoms with Gasteiger partial charge in [-0.05, 0) is 37.1 Å². The predicted octanol–water partition coefficient (Wildman–Crippen LogP) is 2.16. The van der Waals surface area contributed by atoms with Crippen molar-refractivity contribution in [3.8, 4) is 0 Å². The molecular weight excluding hydrogens is 272 g/mol. The molecule has 0 radical (unpaired) electrons. The molecule has 1 aromatic rings. The summed E-state index contributed by atoms with van der Waals surface area (Å²) in [6, 6.07) is 6.40. The zero-order valence-electron chi connectivity index (χ0n) is 12.1. The minimum Gasteiger partial charge on any atom is -0.462 e. The Bertz CT molecular complexity index is 481. The molecule has 1 aliphatic heterocycles. The number of carbonyl (C=O) groups is 2. The summed E-state index contributed by atoms with van der Waals surface area (Å²) in [5.74, 6) is -0.351. The normalized spacial score (nSPS) is 17.3. The van der Waals surface area contributed by atoms with Crippen LogP contribution in [0.3, 0.4) is 0 Å². The first-order chi connectivity index (χ1) is 10.2. The van der Waals surface area contributed by atoms with Gasteiger partial charge in [-0.2, -0.15) is 0 Å². The molecule has 1 heterocycles. The van der Waals surface area contributed by atoms with Crippen LogP contribution < -0.4 is 10.6 Å². The van der Waals surface area contributed by atoms with Gasteiger partial charge in [-0.15, -0.1) is 0 Å². The smallest absolute Gasteiger partial charge is 0.338 e. The fraction of sp³-hybridized carbons (Fsp3) is 0.467. The molecule has 1 saturated heterocycles. The highest BCUT2D eigenvalue weighted by Crippen LogP contribution is 2.11. The van der Waals surface area contributed by atoms with Crippen LogP contribution in [0.5, 0.6) is 0 Å². The van der Waals surface area contributed by atoms with E-state index in [-0.39, 0.29) is 18.0 Å². The van der Waals surface area contributed by atoms with Crippen LogP contribution in [-0.2, 0) is 9.47 Å². The number of benzene rings is 1. The van der Waals surface area contributed by atoms with Gasteiger partial charge in [-0.1, -0.05) is 6.92 Å². The first-order valence-electron chi connectivity index (χ1n) is 7.11. The van der Waals surface area contributed by atoms with Gasteiger partial charge in [-0.3, -0.25) is 0 Å². The molecule has 2 amide bonds. The lowest BCUT2D eigenvalue weighted by atomic mass is 10.2. The Balaban J connectivity index is 1.83. The van der Waals surface area contributed by atoms with Gasteiger partial charge in [0.1, 0.15) is 0 Å². The van der Waals surface area contributed by atoms with Crippen molar-refractivity contribution in [1.29, 1.82) is 0 Å². The number of nitrogens with one attached hydrogen (secondary N) is 2. The highest BCUT2D eigenvalue weighted by molar-refractivity contribution is 5.92. The molecule has 0 saturated carbocycles. The molecule has 21 heavy (non-hydrogen) atoms. The maximum atomic E-state index is 11.8. The standard InChI is InChI=1S/C15H20N2O4/c1-2-8-21-14(18)11-3-5-12(6-4-11)16-15(19)17-13-7-9-20-10-13/h3-6,13H,2,7-10H2,1H3,(H2,16,17,19). The molecule has 1 aliphatic rings. The van der Waals surface area contributed by atoms with Crippen molar-refractivity contribution in [1.82, 2.24) is 5.32 Å². The number of esters is 1. The van der Waals surface area contributed by atoms with Crippen molar-refractivity contribution in [2.45, 2.75) is 25.8 Å². The second kappa shape index (κ2) is 7.64. The molecule has 1 atom stereocenters. The summed E-state index contributed by atoms with van der Waals surface area (Å²) in [6.45, 7) is 3.58. The maximum Gasteiger partial charge on any atom is 0.338 e. The van der Waals surface area contributed by atoms with E-state index >= 15 is 0 Å². The van der Waals surface area contributed by atoms with Crippen LogP contribution in [0.2, 0.25) is 0 Å². The van der Waals surface area contributed by atoms with E-state index < -0.39 is 0 Å². The van der Waals surface area contributed by atoms with Gasteiger partial charge in [0.2, 0.25) is 0 Å². The fourth-order valence-electron chi connectivity index (χ4n) is 1.97. The Morgan fingerprint density at radius 1 is 1.33 bits per heavy atom. The number of carbonyl (C=O) groups excluding carboxylic acids is 2. The van der Waals surface area contributed by atoms with E-state index in [0.717, 1.165) is 12.8 Å². The number of anilines is 1. The van der Waals surface area contributed by atoms with Crippen LogP contribution >= 0.6 is 0 Å². The number of amides is 2. The third-order valence-electron chi connectivity index (χ3n) is 3.08. The van der Waals surface area contributed by atoms with Crippen LogP contribution in [0.25, 0.3) is 0 Å². The van der Waals surface area contributed by atoms with Gasteiger partial charge < -0.3 is 20.1 Å². The van der Waals surface area contributed by atoms with E-state index in [0.29, 0.717) is 31.1 Å². The van der Waals surface area contributed by atoms with Gasteiger partial charge in [0, 0.05) is 12.3 Å². The summed E-state index contributed by atoms with van der Waals surface area (Å²) in [5.41, 5.74) is 1.09. The second-order valence-electron chi connectivity index (χ2n) is 4.87. The lowest BCUT2D eigenvalue weighted by Crippen LogP contribution is -2.38. The van der Waals surface area contributed by atoms with Gasteiger partial charge in [0.15, 0.2) is 0 Å². The summed E-state index contributed by atoms with van der Waals surface area (Å²) in [5, 5.41) is 5.55. The van der Waals surface area contributed by atoms with Gasteiger partial charge in [0.25, 0.3) is 0 Å². The third kappa shape index (κ3) is 4.75. The quantitative estimate of drug-likeness (QED) is 0.815. The molecule has 0 bridgehead atoms. The predicted molar refractivity (Wildman–Crippen MR) is 78.4 cm³/mol. The molecule has 6 heteroatoms. The van der Waals surface area contributed by atoms with Crippen molar-refractivity contribution < 1.29 is 19.1 Å². The average molecular weight is 292 g/mol. The van der Waals surface area contributed by atoms with Crippen LogP contribution in [0.1, 0.15) is 30.1 Å². The Morgan fingerprint density at radius 3 is 2.71 bits per heavy atom. The van der Waals surface area contributed by atoms with Crippen LogP contribution in [-0.4, -0.2) is 37.9 Å². The number of urea groups is 1. The molecule has 1 aromatic carbocycles. The second-order valence-corrected chi connectivity index (χ2v) is 4.87. The Kier molecular flexibility index (Phi) is 5.57. The van der Waals surface area contributed by atoms with Crippen molar-refractivity contribution in [2.24, 2.45) is 0 Å². The minimum absolute atomic E-state index is 0.0632. The number of ether oxygens (including phenoxy) is 2. The lowest BCUT2D eigenvalue weighted by Gasteiger charge is -2.12. The first kappa shape index (κ1) is 15.3. The lowest BCUT2D eigenvalue weighted by molar-refractivity contribution is 0.0505. The van der Waals surface area contributed by atoms with E-state index in [9.17, 15) is 9.59 Å². The summed E-state index contributed by atoms with van der Waals surface area (Å²) in [6.07, 6.45) is 1.62. The van der Waals surface area contributed by atoms with Crippen LogP contribution in [0.15, 0.2) is 24.3 Å².